The van der Waals surface area contributed by atoms with Gasteiger partial charge in [0.05, 0.1) is 0 Å². The fourth-order valence-electron chi connectivity index (χ4n) is 1.59. The van der Waals surface area contributed by atoms with Gasteiger partial charge in [0.25, 0.3) is 5.91 Å². The molecular formula is C13H18F3N3O. The third kappa shape index (κ3) is 5.46. The second kappa shape index (κ2) is 6.58. The highest BCUT2D eigenvalue weighted by Gasteiger charge is 2.26. The average molecular weight is 289 g/mol. The van der Waals surface area contributed by atoms with Crippen LogP contribution in [0.2, 0.25) is 0 Å². The average Bonchev–Trinajstić information content (AvgIpc) is 2.32. The van der Waals surface area contributed by atoms with Crippen LogP contribution in [0.5, 0.6) is 0 Å². The van der Waals surface area contributed by atoms with E-state index in [0.29, 0.717) is 11.3 Å². The summed E-state index contributed by atoms with van der Waals surface area (Å²) >= 11 is 0. The molecule has 1 heterocycles. The van der Waals surface area contributed by atoms with Gasteiger partial charge < -0.3 is 11.1 Å². The normalized spacial score (nSPS) is 11.7. The molecule has 112 valence electrons. The number of nitrogens with two attached hydrogens (primary N) is 1. The summed E-state index contributed by atoms with van der Waals surface area (Å²) in [5.74, 6) is -0.116. The van der Waals surface area contributed by atoms with Crippen molar-refractivity contribution in [3.63, 3.8) is 0 Å². The zero-order chi connectivity index (χ0) is 15.3. The molecule has 7 heteroatoms. The molecule has 0 unspecified atom stereocenters. The summed E-state index contributed by atoms with van der Waals surface area (Å²) in [6.07, 6.45) is -5.26. The van der Waals surface area contributed by atoms with Crippen LogP contribution in [0.25, 0.3) is 0 Å². The van der Waals surface area contributed by atoms with Crippen LogP contribution >= 0.6 is 0 Å². The molecule has 1 aromatic heterocycles. The van der Waals surface area contributed by atoms with Crippen LogP contribution < -0.4 is 11.1 Å². The molecule has 3 N–H and O–H groups in total. The van der Waals surface area contributed by atoms with E-state index in [9.17, 15) is 18.0 Å². The molecular weight excluding hydrogens is 271 g/mol. The number of anilines is 1. The van der Waals surface area contributed by atoms with Crippen molar-refractivity contribution in [3.05, 3.63) is 23.4 Å². The minimum Gasteiger partial charge on any atom is -0.384 e. The summed E-state index contributed by atoms with van der Waals surface area (Å²) in [7, 11) is 0. The van der Waals surface area contributed by atoms with Gasteiger partial charge in [0.15, 0.2) is 0 Å². The van der Waals surface area contributed by atoms with E-state index in [1.165, 1.54) is 6.07 Å². The fourth-order valence-corrected chi connectivity index (χ4v) is 1.59. The van der Waals surface area contributed by atoms with E-state index in [1.54, 1.807) is 6.07 Å². The topological polar surface area (TPSA) is 68.0 Å². The van der Waals surface area contributed by atoms with Gasteiger partial charge in [-0.15, -0.1) is 0 Å². The van der Waals surface area contributed by atoms with Gasteiger partial charge in [-0.3, -0.25) is 4.79 Å². The fraction of sp³-hybridized carbons (Fsp3) is 0.538. The van der Waals surface area contributed by atoms with Crippen LogP contribution in [0.15, 0.2) is 12.1 Å². The Kier molecular flexibility index (Phi) is 5.35. The quantitative estimate of drug-likeness (QED) is 0.819. The van der Waals surface area contributed by atoms with E-state index in [1.807, 2.05) is 13.8 Å². The van der Waals surface area contributed by atoms with Crippen molar-refractivity contribution >= 4 is 11.7 Å². The molecule has 1 aromatic rings. The molecule has 20 heavy (non-hydrogen) atoms. The lowest BCUT2D eigenvalue weighted by atomic mass is 10.1. The van der Waals surface area contributed by atoms with Crippen molar-refractivity contribution in [2.75, 3.05) is 12.3 Å². The molecule has 1 amide bonds. The summed E-state index contributed by atoms with van der Waals surface area (Å²) in [6, 6.07) is 3.01. The zero-order valence-corrected chi connectivity index (χ0v) is 11.4. The number of pyridine rings is 1. The standard InChI is InChI=1S/C13H18F3N3O/c1-8(2)10-6-9(7-11(17)19-10)12(20)18-5-3-4-13(14,15)16/h6-8H,3-5H2,1-2H3,(H2,17,19)(H,18,20). The summed E-state index contributed by atoms with van der Waals surface area (Å²) in [4.78, 5) is 15.9. The highest BCUT2D eigenvalue weighted by Crippen LogP contribution is 2.21. The minimum absolute atomic E-state index is 0.0302. The number of rotatable bonds is 5. The van der Waals surface area contributed by atoms with E-state index < -0.39 is 18.5 Å². The lowest BCUT2D eigenvalue weighted by Crippen LogP contribution is -2.26. The Morgan fingerprint density at radius 2 is 2.05 bits per heavy atom. The zero-order valence-electron chi connectivity index (χ0n) is 11.4. The van der Waals surface area contributed by atoms with Gasteiger partial charge in [-0.25, -0.2) is 4.98 Å². The number of carbonyl (C=O) groups excluding carboxylic acids is 1. The van der Waals surface area contributed by atoms with Crippen molar-refractivity contribution in [2.24, 2.45) is 0 Å². The molecule has 0 aliphatic heterocycles. The first-order valence-corrected chi connectivity index (χ1v) is 6.31. The number of halogens is 3. The number of hydrogen-bond donors (Lipinski definition) is 2. The van der Waals surface area contributed by atoms with Gasteiger partial charge in [0, 0.05) is 24.2 Å². The molecule has 0 spiro atoms. The molecule has 0 saturated heterocycles. The van der Waals surface area contributed by atoms with Gasteiger partial charge in [-0.1, -0.05) is 13.8 Å². The summed E-state index contributed by atoms with van der Waals surface area (Å²) < 4.78 is 35.9. The first-order chi connectivity index (χ1) is 9.19. The largest absolute Gasteiger partial charge is 0.389 e. The van der Waals surface area contributed by atoms with E-state index in [-0.39, 0.29) is 24.7 Å². The second-order valence-corrected chi connectivity index (χ2v) is 4.83. The van der Waals surface area contributed by atoms with Crippen LogP contribution in [0, 0.1) is 0 Å². The Morgan fingerprint density at radius 3 is 2.60 bits per heavy atom. The third-order valence-electron chi connectivity index (χ3n) is 2.64. The van der Waals surface area contributed by atoms with Crippen LogP contribution in [0.3, 0.4) is 0 Å². The lowest BCUT2D eigenvalue weighted by Gasteiger charge is -2.10. The smallest absolute Gasteiger partial charge is 0.384 e. The number of aromatic nitrogens is 1. The van der Waals surface area contributed by atoms with Gasteiger partial charge in [0.1, 0.15) is 5.82 Å². The number of hydrogen-bond acceptors (Lipinski definition) is 3. The number of nitrogens with zero attached hydrogens (tertiary/aromatic N) is 1. The lowest BCUT2D eigenvalue weighted by molar-refractivity contribution is -0.135. The van der Waals surface area contributed by atoms with E-state index in [2.05, 4.69) is 10.3 Å². The van der Waals surface area contributed by atoms with E-state index >= 15 is 0 Å². The number of carbonyl (C=O) groups is 1. The first kappa shape index (κ1) is 16.3. The summed E-state index contributed by atoms with van der Waals surface area (Å²) in [5.41, 5.74) is 6.59. The summed E-state index contributed by atoms with van der Waals surface area (Å²) in [5, 5.41) is 2.44. The van der Waals surface area contributed by atoms with Crippen LogP contribution in [-0.4, -0.2) is 23.6 Å². The molecule has 0 fully saturated rings. The highest BCUT2D eigenvalue weighted by molar-refractivity contribution is 5.94. The molecule has 4 nitrogen and oxygen atoms in total. The van der Waals surface area contributed by atoms with Crippen LogP contribution in [-0.2, 0) is 0 Å². The Balaban J connectivity index is 2.59. The SMILES string of the molecule is CC(C)c1cc(C(=O)NCCCC(F)(F)F)cc(N)n1. The molecule has 0 aromatic carbocycles. The molecule has 0 bridgehead atoms. The number of amides is 1. The minimum atomic E-state index is -4.20. The number of nitrogens with one attached hydrogen (secondary N) is 1. The van der Waals surface area contributed by atoms with Gasteiger partial charge in [-0.2, -0.15) is 13.2 Å². The molecule has 0 radical (unpaired) electrons. The molecule has 0 atom stereocenters. The molecule has 0 aliphatic carbocycles. The van der Waals surface area contributed by atoms with Gasteiger partial charge >= 0.3 is 6.18 Å². The number of nitrogen functional groups attached to an aromatic ring is 1. The monoisotopic (exact) mass is 289 g/mol. The Bertz CT molecular complexity index is 472. The predicted molar refractivity (Wildman–Crippen MR) is 70.4 cm³/mol. The van der Waals surface area contributed by atoms with E-state index in [0.717, 1.165) is 0 Å². The summed E-state index contributed by atoms with van der Waals surface area (Å²) in [6.45, 7) is 3.79. The van der Waals surface area contributed by atoms with E-state index in [4.69, 9.17) is 5.73 Å². The maximum Gasteiger partial charge on any atom is 0.389 e. The second-order valence-electron chi connectivity index (χ2n) is 4.83. The third-order valence-corrected chi connectivity index (χ3v) is 2.64. The van der Waals surface area contributed by atoms with Crippen molar-refractivity contribution in [1.29, 1.82) is 0 Å². The van der Waals surface area contributed by atoms with Crippen molar-refractivity contribution in [3.8, 4) is 0 Å². The Hall–Kier alpha value is -1.79. The molecule has 1 rings (SSSR count). The molecule has 0 saturated carbocycles. The molecule has 0 aliphatic rings. The number of alkyl halides is 3. The highest BCUT2D eigenvalue weighted by atomic mass is 19.4. The van der Waals surface area contributed by atoms with Gasteiger partial charge in [-0.05, 0) is 24.5 Å². The Morgan fingerprint density at radius 1 is 1.40 bits per heavy atom. The maximum atomic E-state index is 12.0. The van der Waals surface area contributed by atoms with Crippen LogP contribution in [0.4, 0.5) is 19.0 Å². The Labute approximate surface area is 115 Å². The van der Waals surface area contributed by atoms with Crippen LogP contribution in [0.1, 0.15) is 48.7 Å². The van der Waals surface area contributed by atoms with Crippen molar-refractivity contribution in [2.45, 2.75) is 38.8 Å². The van der Waals surface area contributed by atoms with Crippen molar-refractivity contribution in [1.82, 2.24) is 10.3 Å². The maximum absolute atomic E-state index is 12.0. The van der Waals surface area contributed by atoms with Gasteiger partial charge in [0.2, 0.25) is 0 Å². The van der Waals surface area contributed by atoms with Crippen molar-refractivity contribution < 1.29 is 18.0 Å². The first-order valence-electron chi connectivity index (χ1n) is 6.31. The predicted octanol–water partition coefficient (Wildman–Crippen LogP) is 2.86.